The van der Waals surface area contributed by atoms with Gasteiger partial charge < -0.3 is 16.0 Å². The SMILES string of the molecule is NC(=O)C1CCCN(c2ccc(NC(=O)c3cc(-c4ccc(Cl)cc4)nc4ccccc34)cn2)C1. The molecule has 1 aliphatic rings. The summed E-state index contributed by atoms with van der Waals surface area (Å²) in [5.74, 6) is 0.0642. The van der Waals surface area contributed by atoms with E-state index in [4.69, 9.17) is 22.3 Å². The largest absolute Gasteiger partial charge is 0.369 e. The van der Waals surface area contributed by atoms with Crippen LogP contribution in [0.5, 0.6) is 0 Å². The van der Waals surface area contributed by atoms with Crippen LogP contribution in [-0.4, -0.2) is 34.9 Å². The van der Waals surface area contributed by atoms with Gasteiger partial charge in [0.15, 0.2) is 0 Å². The Balaban J connectivity index is 1.39. The Morgan fingerprint density at radius 2 is 1.86 bits per heavy atom. The molecule has 7 nitrogen and oxygen atoms in total. The van der Waals surface area contributed by atoms with E-state index in [0.29, 0.717) is 28.5 Å². The number of fused-ring (bicyclic) bond motifs is 1. The first-order chi connectivity index (χ1) is 17.0. The molecule has 5 rings (SSSR count). The average molecular weight is 486 g/mol. The fourth-order valence-electron chi connectivity index (χ4n) is 4.39. The molecular formula is C27H24ClN5O2. The number of nitrogens with zero attached hydrogens (tertiary/aromatic N) is 3. The smallest absolute Gasteiger partial charge is 0.256 e. The minimum absolute atomic E-state index is 0.167. The number of aromatic nitrogens is 2. The van der Waals surface area contributed by atoms with Gasteiger partial charge in [0.1, 0.15) is 5.82 Å². The number of carbonyl (C=O) groups excluding carboxylic acids is 2. The van der Waals surface area contributed by atoms with Crippen LogP contribution in [0.4, 0.5) is 11.5 Å². The van der Waals surface area contributed by atoms with Crippen LogP contribution in [-0.2, 0) is 4.79 Å². The molecular weight excluding hydrogens is 462 g/mol. The molecule has 0 bridgehead atoms. The molecule has 1 saturated heterocycles. The predicted octanol–water partition coefficient (Wildman–Crippen LogP) is 4.90. The number of anilines is 2. The van der Waals surface area contributed by atoms with E-state index in [9.17, 15) is 9.59 Å². The maximum absolute atomic E-state index is 13.3. The summed E-state index contributed by atoms with van der Waals surface area (Å²) in [7, 11) is 0. The van der Waals surface area contributed by atoms with Crippen LogP contribution < -0.4 is 16.0 Å². The summed E-state index contributed by atoms with van der Waals surface area (Å²) in [6, 6.07) is 20.4. The van der Waals surface area contributed by atoms with E-state index in [1.54, 1.807) is 24.4 Å². The molecule has 0 spiro atoms. The molecule has 176 valence electrons. The van der Waals surface area contributed by atoms with Gasteiger partial charge in [0.05, 0.1) is 34.6 Å². The molecule has 4 aromatic rings. The molecule has 8 heteroatoms. The van der Waals surface area contributed by atoms with E-state index in [1.807, 2.05) is 48.5 Å². The molecule has 2 amide bonds. The lowest BCUT2D eigenvalue weighted by molar-refractivity contribution is -0.122. The lowest BCUT2D eigenvalue weighted by Gasteiger charge is -2.32. The summed E-state index contributed by atoms with van der Waals surface area (Å²) in [5, 5.41) is 4.35. The number of primary amides is 1. The lowest BCUT2D eigenvalue weighted by atomic mass is 9.97. The van der Waals surface area contributed by atoms with Crippen LogP contribution in [0.25, 0.3) is 22.2 Å². The highest BCUT2D eigenvalue weighted by molar-refractivity contribution is 6.30. The van der Waals surface area contributed by atoms with Gasteiger partial charge in [-0.15, -0.1) is 0 Å². The van der Waals surface area contributed by atoms with Crippen molar-refractivity contribution in [1.29, 1.82) is 0 Å². The molecule has 1 atom stereocenters. The van der Waals surface area contributed by atoms with Crippen LogP contribution in [0, 0.1) is 5.92 Å². The topological polar surface area (TPSA) is 101 Å². The summed E-state index contributed by atoms with van der Waals surface area (Å²) in [6.45, 7) is 1.38. The number of amides is 2. The molecule has 1 fully saturated rings. The van der Waals surface area contributed by atoms with Crippen molar-refractivity contribution >= 4 is 45.8 Å². The highest BCUT2D eigenvalue weighted by Gasteiger charge is 2.24. The number of rotatable bonds is 5. The molecule has 0 saturated carbocycles. The van der Waals surface area contributed by atoms with Crippen molar-refractivity contribution in [3.05, 3.63) is 83.5 Å². The normalized spacial score (nSPS) is 15.7. The number of hydrogen-bond acceptors (Lipinski definition) is 5. The first-order valence-corrected chi connectivity index (χ1v) is 11.8. The zero-order valence-electron chi connectivity index (χ0n) is 18.9. The molecule has 2 aromatic heterocycles. The summed E-state index contributed by atoms with van der Waals surface area (Å²) >= 11 is 6.03. The van der Waals surface area contributed by atoms with E-state index in [2.05, 4.69) is 15.2 Å². The average Bonchev–Trinajstić information content (AvgIpc) is 2.89. The van der Waals surface area contributed by atoms with Gasteiger partial charge in [-0.25, -0.2) is 9.97 Å². The molecule has 1 aliphatic heterocycles. The number of hydrogen-bond donors (Lipinski definition) is 2. The Labute approximate surface area is 207 Å². The van der Waals surface area contributed by atoms with Crippen molar-refractivity contribution in [1.82, 2.24) is 9.97 Å². The third-order valence-corrected chi connectivity index (χ3v) is 6.51. The van der Waals surface area contributed by atoms with E-state index in [1.165, 1.54) is 0 Å². The Morgan fingerprint density at radius 3 is 2.60 bits per heavy atom. The minimum Gasteiger partial charge on any atom is -0.369 e. The Morgan fingerprint density at radius 1 is 1.06 bits per heavy atom. The zero-order valence-corrected chi connectivity index (χ0v) is 19.7. The van der Waals surface area contributed by atoms with Gasteiger partial charge >= 0.3 is 0 Å². The molecule has 0 aliphatic carbocycles. The second kappa shape index (κ2) is 9.72. The van der Waals surface area contributed by atoms with Gasteiger partial charge in [-0.1, -0.05) is 41.9 Å². The van der Waals surface area contributed by atoms with Crippen LogP contribution in [0.15, 0.2) is 72.9 Å². The third-order valence-electron chi connectivity index (χ3n) is 6.25. The second-order valence-corrected chi connectivity index (χ2v) is 9.06. The van der Waals surface area contributed by atoms with E-state index >= 15 is 0 Å². The van der Waals surface area contributed by atoms with Crippen molar-refractivity contribution in [3.8, 4) is 11.3 Å². The molecule has 35 heavy (non-hydrogen) atoms. The zero-order chi connectivity index (χ0) is 24.4. The Kier molecular flexibility index (Phi) is 6.33. The summed E-state index contributed by atoms with van der Waals surface area (Å²) < 4.78 is 0. The van der Waals surface area contributed by atoms with Crippen molar-refractivity contribution in [2.45, 2.75) is 12.8 Å². The highest BCUT2D eigenvalue weighted by Crippen LogP contribution is 2.27. The Bertz CT molecular complexity index is 1390. The van der Waals surface area contributed by atoms with Crippen LogP contribution >= 0.6 is 11.6 Å². The van der Waals surface area contributed by atoms with E-state index < -0.39 is 0 Å². The van der Waals surface area contributed by atoms with Crippen LogP contribution in [0.1, 0.15) is 23.2 Å². The van der Waals surface area contributed by atoms with Crippen molar-refractivity contribution in [2.24, 2.45) is 11.7 Å². The first kappa shape index (κ1) is 22.8. The maximum atomic E-state index is 13.3. The molecule has 2 aromatic carbocycles. The minimum atomic E-state index is -0.277. The van der Waals surface area contributed by atoms with Crippen LogP contribution in [0.2, 0.25) is 5.02 Å². The number of nitrogens with two attached hydrogens (primary N) is 1. The van der Waals surface area contributed by atoms with E-state index in [0.717, 1.165) is 41.7 Å². The summed E-state index contributed by atoms with van der Waals surface area (Å²) in [6.07, 6.45) is 3.32. The number of carbonyl (C=O) groups is 2. The molecule has 0 radical (unpaired) electrons. The third kappa shape index (κ3) is 4.95. The lowest BCUT2D eigenvalue weighted by Crippen LogP contribution is -2.41. The number of para-hydroxylation sites is 1. The van der Waals surface area contributed by atoms with Gasteiger partial charge in [-0.2, -0.15) is 0 Å². The van der Waals surface area contributed by atoms with Crippen molar-refractivity contribution in [3.63, 3.8) is 0 Å². The van der Waals surface area contributed by atoms with E-state index in [-0.39, 0.29) is 17.7 Å². The van der Waals surface area contributed by atoms with Gasteiger partial charge in [-0.05, 0) is 49.2 Å². The molecule has 3 N–H and O–H groups in total. The number of piperidine rings is 1. The van der Waals surface area contributed by atoms with Gasteiger partial charge in [0.2, 0.25) is 5.91 Å². The van der Waals surface area contributed by atoms with Crippen molar-refractivity contribution < 1.29 is 9.59 Å². The highest BCUT2D eigenvalue weighted by atomic mass is 35.5. The molecule has 1 unspecified atom stereocenters. The number of nitrogens with one attached hydrogen (secondary N) is 1. The summed E-state index contributed by atoms with van der Waals surface area (Å²) in [4.78, 5) is 36.2. The fourth-order valence-corrected chi connectivity index (χ4v) is 4.52. The predicted molar refractivity (Wildman–Crippen MR) is 139 cm³/mol. The maximum Gasteiger partial charge on any atom is 0.256 e. The quantitative estimate of drug-likeness (QED) is 0.418. The Hall–Kier alpha value is -3.97. The first-order valence-electron chi connectivity index (χ1n) is 11.5. The number of benzene rings is 2. The van der Waals surface area contributed by atoms with Crippen LogP contribution in [0.3, 0.4) is 0 Å². The number of halogens is 1. The standard InChI is InChI=1S/C27H24ClN5O2/c28-19-9-7-17(8-10-19)24-14-22(21-5-1-2-6-23(21)32-24)27(35)31-20-11-12-25(30-15-20)33-13-3-4-18(16-33)26(29)34/h1-2,5-12,14-15,18H,3-4,13,16H2,(H2,29,34)(H,31,35). The fraction of sp³-hybridized carbons (Fsp3) is 0.185. The van der Waals surface area contributed by atoms with Gasteiger partial charge in [0.25, 0.3) is 5.91 Å². The van der Waals surface area contributed by atoms with Gasteiger partial charge in [-0.3, -0.25) is 9.59 Å². The summed E-state index contributed by atoms with van der Waals surface area (Å²) in [5.41, 5.74) is 8.88. The monoisotopic (exact) mass is 485 g/mol. The van der Waals surface area contributed by atoms with Crippen molar-refractivity contribution in [2.75, 3.05) is 23.3 Å². The second-order valence-electron chi connectivity index (χ2n) is 8.63. The van der Waals surface area contributed by atoms with Gasteiger partial charge in [0, 0.05) is 29.1 Å². The molecule has 3 heterocycles. The number of pyridine rings is 2.